The van der Waals surface area contributed by atoms with E-state index in [2.05, 4.69) is 35.4 Å². The largest absolute Gasteiger partial charge is 0.361 e. The fraction of sp³-hybridized carbons (Fsp3) is 0.333. The summed E-state index contributed by atoms with van der Waals surface area (Å²) in [6, 6.07) is 11.7. The number of nitrogens with one attached hydrogen (secondary N) is 1. The van der Waals surface area contributed by atoms with Crippen molar-refractivity contribution in [2.24, 2.45) is 0 Å². The van der Waals surface area contributed by atoms with E-state index in [0.717, 1.165) is 0 Å². The normalized spacial score (nSPS) is 18.0. The van der Waals surface area contributed by atoms with Crippen molar-refractivity contribution < 1.29 is 0 Å². The molecule has 1 aliphatic rings. The third-order valence-electron chi connectivity index (χ3n) is 3.18. The first-order valence-electron chi connectivity index (χ1n) is 5.36. The third kappa shape index (κ3) is 1.22. The summed E-state index contributed by atoms with van der Waals surface area (Å²) in [6.45, 7) is 0. The molecule has 0 aliphatic carbocycles. The van der Waals surface area contributed by atoms with Crippen LogP contribution in [0.25, 0.3) is 10.9 Å². The van der Waals surface area contributed by atoms with Gasteiger partial charge in [-0.05, 0) is 16.6 Å². The zero-order chi connectivity index (χ0) is 9.38. The lowest BCUT2D eigenvalue weighted by Gasteiger charge is -2.04. The van der Waals surface area contributed by atoms with Gasteiger partial charge in [-0.1, -0.05) is 43.1 Å². The molecule has 14 heavy (non-hydrogen) atoms. The van der Waals surface area contributed by atoms with E-state index >= 15 is 0 Å². The van der Waals surface area contributed by atoms with Gasteiger partial charge in [0, 0.05) is 11.7 Å². The molecule has 1 saturated heterocycles. The maximum Gasteiger partial charge on any atom is 0.0885 e. The number of para-hydroxylation sites is 1. The van der Waals surface area contributed by atoms with E-state index in [9.17, 15) is 0 Å². The van der Waals surface area contributed by atoms with E-state index in [1.54, 1.807) is 5.19 Å². The highest BCUT2D eigenvalue weighted by Crippen LogP contribution is 2.21. The van der Waals surface area contributed by atoms with Gasteiger partial charge in [0.05, 0.1) is 8.80 Å². The number of aromatic amines is 1. The highest BCUT2D eigenvalue weighted by Gasteiger charge is 2.21. The minimum Gasteiger partial charge on any atom is -0.361 e. The van der Waals surface area contributed by atoms with Crippen LogP contribution in [0.1, 0.15) is 12.8 Å². The average molecular weight is 200 g/mol. The van der Waals surface area contributed by atoms with Crippen molar-refractivity contribution in [1.29, 1.82) is 0 Å². The minimum absolute atomic E-state index is 0.203. The number of rotatable bonds is 1. The van der Waals surface area contributed by atoms with E-state index in [4.69, 9.17) is 0 Å². The van der Waals surface area contributed by atoms with Crippen LogP contribution in [0.4, 0.5) is 0 Å². The summed E-state index contributed by atoms with van der Waals surface area (Å²) in [5.74, 6) is 0. The summed E-state index contributed by atoms with van der Waals surface area (Å²) in [6.07, 6.45) is 5.16. The van der Waals surface area contributed by atoms with Crippen LogP contribution >= 0.6 is 0 Å². The van der Waals surface area contributed by atoms with Gasteiger partial charge in [0.1, 0.15) is 0 Å². The van der Waals surface area contributed by atoms with Gasteiger partial charge in [-0.2, -0.15) is 0 Å². The second kappa shape index (κ2) is 3.28. The van der Waals surface area contributed by atoms with Gasteiger partial charge < -0.3 is 4.98 Å². The van der Waals surface area contributed by atoms with E-state index in [-0.39, 0.29) is 8.80 Å². The van der Waals surface area contributed by atoms with Crippen LogP contribution in [0.2, 0.25) is 12.1 Å². The molecule has 1 nitrogen and oxygen atoms in total. The summed E-state index contributed by atoms with van der Waals surface area (Å²) in [5.41, 5.74) is 1.31. The van der Waals surface area contributed by atoms with Crippen LogP contribution in [-0.4, -0.2) is 13.8 Å². The predicted octanol–water partition coefficient (Wildman–Crippen LogP) is 2.66. The summed E-state index contributed by atoms with van der Waals surface area (Å²) >= 11 is 0. The lowest BCUT2D eigenvalue weighted by molar-refractivity contribution is 0.935. The second-order valence-corrected chi connectivity index (χ2v) is 6.80. The predicted molar refractivity (Wildman–Crippen MR) is 62.5 cm³/mol. The van der Waals surface area contributed by atoms with Crippen LogP contribution < -0.4 is 5.19 Å². The Morgan fingerprint density at radius 2 is 1.86 bits per heavy atom. The molecule has 2 aromatic rings. The molecule has 1 N–H and O–H groups in total. The first-order valence-corrected chi connectivity index (χ1v) is 7.28. The van der Waals surface area contributed by atoms with Gasteiger partial charge in [-0.25, -0.2) is 0 Å². The molecule has 0 unspecified atom stereocenters. The number of H-pyrrole nitrogens is 1. The SMILES string of the molecule is c1ccc2c([Si]3CCCC3)c[nH]c2c1. The molecular formula is C12H14NSi. The van der Waals surface area contributed by atoms with Crippen molar-refractivity contribution >= 4 is 24.9 Å². The summed E-state index contributed by atoms with van der Waals surface area (Å²) < 4.78 is 0. The van der Waals surface area contributed by atoms with Crippen molar-refractivity contribution in [3.63, 3.8) is 0 Å². The standard InChI is InChI=1S/C12H14NSi/c1-2-6-11-10(5-1)12(9-13-11)14-7-3-4-8-14/h1-2,5-6,9,13H,3-4,7-8H2. The monoisotopic (exact) mass is 200 g/mol. The summed E-state index contributed by atoms with van der Waals surface area (Å²) in [5, 5.41) is 3.12. The van der Waals surface area contributed by atoms with Gasteiger partial charge >= 0.3 is 0 Å². The van der Waals surface area contributed by atoms with Crippen LogP contribution in [0.15, 0.2) is 30.5 Å². The topological polar surface area (TPSA) is 15.8 Å². The van der Waals surface area contributed by atoms with Crippen LogP contribution in [0, 0.1) is 0 Å². The Labute approximate surface area is 85.8 Å². The van der Waals surface area contributed by atoms with Crippen LogP contribution in [0.5, 0.6) is 0 Å². The fourth-order valence-corrected chi connectivity index (χ4v) is 5.45. The number of aromatic nitrogens is 1. The highest BCUT2D eigenvalue weighted by atomic mass is 28.3. The summed E-state index contributed by atoms with van der Waals surface area (Å²) in [4.78, 5) is 3.39. The molecule has 1 aliphatic heterocycles. The first kappa shape index (κ1) is 8.30. The van der Waals surface area contributed by atoms with Gasteiger partial charge in [0.2, 0.25) is 0 Å². The summed E-state index contributed by atoms with van der Waals surface area (Å²) in [7, 11) is -0.203. The zero-order valence-electron chi connectivity index (χ0n) is 8.22. The van der Waals surface area contributed by atoms with E-state index in [0.29, 0.717) is 0 Å². The van der Waals surface area contributed by atoms with Gasteiger partial charge in [-0.3, -0.25) is 0 Å². The van der Waals surface area contributed by atoms with E-state index < -0.39 is 0 Å². The Balaban J connectivity index is 2.11. The molecule has 0 spiro atoms. The number of hydrogen-bond donors (Lipinski definition) is 1. The molecule has 0 saturated carbocycles. The number of hydrogen-bond acceptors (Lipinski definition) is 0. The van der Waals surface area contributed by atoms with E-state index in [1.165, 1.54) is 35.8 Å². The molecule has 2 heterocycles. The molecular weight excluding hydrogens is 186 g/mol. The molecule has 71 valence electrons. The first-order chi connectivity index (χ1) is 6.95. The lowest BCUT2D eigenvalue weighted by atomic mass is 10.2. The Kier molecular flexibility index (Phi) is 1.94. The van der Waals surface area contributed by atoms with Crippen molar-refractivity contribution in [2.75, 3.05) is 0 Å². The van der Waals surface area contributed by atoms with Gasteiger partial charge in [0.25, 0.3) is 0 Å². The molecule has 1 fully saturated rings. The molecule has 0 amide bonds. The average Bonchev–Trinajstić information content (AvgIpc) is 2.85. The van der Waals surface area contributed by atoms with E-state index in [1.807, 2.05) is 0 Å². The molecule has 1 aromatic heterocycles. The fourth-order valence-electron chi connectivity index (χ4n) is 2.44. The highest BCUT2D eigenvalue weighted by molar-refractivity contribution is 6.76. The van der Waals surface area contributed by atoms with Gasteiger partial charge in [0.15, 0.2) is 0 Å². The maximum absolute atomic E-state index is 3.39. The maximum atomic E-state index is 3.39. The Morgan fingerprint density at radius 3 is 2.71 bits per heavy atom. The zero-order valence-corrected chi connectivity index (χ0v) is 9.22. The molecule has 3 rings (SSSR count). The minimum atomic E-state index is -0.203. The Morgan fingerprint density at radius 1 is 1.07 bits per heavy atom. The molecule has 2 heteroatoms. The smallest absolute Gasteiger partial charge is 0.0885 e. The van der Waals surface area contributed by atoms with Crippen molar-refractivity contribution in [1.82, 2.24) is 4.98 Å². The number of benzene rings is 1. The van der Waals surface area contributed by atoms with Crippen molar-refractivity contribution in [3.05, 3.63) is 30.5 Å². The molecule has 0 atom stereocenters. The van der Waals surface area contributed by atoms with Crippen molar-refractivity contribution in [3.8, 4) is 0 Å². The second-order valence-electron chi connectivity index (χ2n) is 4.06. The quantitative estimate of drug-likeness (QED) is 0.681. The lowest BCUT2D eigenvalue weighted by Crippen LogP contribution is -2.25. The number of fused-ring (bicyclic) bond motifs is 1. The van der Waals surface area contributed by atoms with Crippen LogP contribution in [-0.2, 0) is 0 Å². The van der Waals surface area contributed by atoms with Crippen molar-refractivity contribution in [2.45, 2.75) is 24.9 Å². The van der Waals surface area contributed by atoms with Gasteiger partial charge in [-0.15, -0.1) is 0 Å². The Hall–Kier alpha value is -1.02. The third-order valence-corrected chi connectivity index (χ3v) is 6.27. The van der Waals surface area contributed by atoms with Crippen LogP contribution in [0.3, 0.4) is 0 Å². The molecule has 1 aromatic carbocycles. The molecule has 1 radical (unpaired) electrons. The molecule has 0 bridgehead atoms. The Bertz CT molecular complexity index is 440.